The first kappa shape index (κ1) is 18.4. The summed E-state index contributed by atoms with van der Waals surface area (Å²) < 4.78 is 0. The van der Waals surface area contributed by atoms with Crippen molar-refractivity contribution < 1.29 is 9.59 Å². The highest BCUT2D eigenvalue weighted by molar-refractivity contribution is 7.13. The Labute approximate surface area is 168 Å². The van der Waals surface area contributed by atoms with Gasteiger partial charge in [0, 0.05) is 10.9 Å². The number of benzene rings is 2. The highest BCUT2D eigenvalue weighted by atomic mass is 32.1. The van der Waals surface area contributed by atoms with E-state index in [1.807, 2.05) is 67.8 Å². The lowest BCUT2D eigenvalue weighted by Gasteiger charge is -2.24. The van der Waals surface area contributed by atoms with E-state index < -0.39 is 5.54 Å². The van der Waals surface area contributed by atoms with Crippen LogP contribution in [0.1, 0.15) is 29.3 Å². The molecule has 1 aliphatic rings. The number of thiazole rings is 1. The zero-order valence-corrected chi connectivity index (χ0v) is 16.8. The first-order chi connectivity index (χ1) is 13.4. The molecule has 1 aromatic heterocycles. The molecule has 1 aliphatic heterocycles. The molecule has 2 heterocycles. The van der Waals surface area contributed by atoms with Crippen LogP contribution < -0.4 is 5.32 Å². The molecular formula is C22H21N3O2S. The number of carbonyl (C=O) groups excluding carboxylic acids is 2. The van der Waals surface area contributed by atoms with Crippen molar-refractivity contribution in [1.29, 1.82) is 0 Å². The van der Waals surface area contributed by atoms with Crippen molar-refractivity contribution in [3.63, 3.8) is 0 Å². The van der Waals surface area contributed by atoms with E-state index in [1.165, 1.54) is 21.8 Å². The van der Waals surface area contributed by atoms with Crippen LogP contribution in [0.15, 0.2) is 53.9 Å². The SMILES string of the molecule is Cc1ccc(-c2nc(CN3C(=O)NC(C)(c4ccccc4C)C3=O)cs2)cc1. The maximum Gasteiger partial charge on any atom is 0.325 e. The fraction of sp³-hybridized carbons (Fsp3) is 0.227. The van der Waals surface area contributed by atoms with Crippen LogP contribution in [0, 0.1) is 13.8 Å². The Bertz CT molecular complexity index is 1060. The molecule has 2 aromatic carbocycles. The smallest absolute Gasteiger partial charge is 0.319 e. The third-order valence-corrected chi connectivity index (χ3v) is 6.07. The van der Waals surface area contributed by atoms with Crippen molar-refractivity contribution in [3.05, 3.63) is 76.3 Å². The molecule has 1 fully saturated rings. The molecule has 6 heteroatoms. The summed E-state index contributed by atoms with van der Waals surface area (Å²) >= 11 is 1.51. The topological polar surface area (TPSA) is 62.3 Å². The number of aromatic nitrogens is 1. The summed E-state index contributed by atoms with van der Waals surface area (Å²) in [7, 11) is 0. The van der Waals surface area contributed by atoms with Crippen molar-refractivity contribution in [2.24, 2.45) is 0 Å². The van der Waals surface area contributed by atoms with Crippen LogP contribution in [0.25, 0.3) is 10.6 Å². The number of rotatable bonds is 4. The van der Waals surface area contributed by atoms with Crippen LogP contribution in [-0.4, -0.2) is 21.8 Å². The van der Waals surface area contributed by atoms with Crippen molar-refractivity contribution in [3.8, 4) is 10.6 Å². The molecule has 0 spiro atoms. The molecule has 0 saturated carbocycles. The monoisotopic (exact) mass is 391 g/mol. The standard InChI is InChI=1S/C22H21N3O2S/c1-14-8-10-16(11-9-14)19-23-17(13-28-19)12-25-20(26)22(3,24-21(25)27)18-7-5-4-6-15(18)2/h4-11,13H,12H2,1-3H3,(H,24,27). The average Bonchev–Trinajstić information content (AvgIpc) is 3.22. The summed E-state index contributed by atoms with van der Waals surface area (Å²) in [5, 5.41) is 5.65. The lowest BCUT2D eigenvalue weighted by atomic mass is 9.88. The van der Waals surface area contributed by atoms with Gasteiger partial charge in [-0.15, -0.1) is 11.3 Å². The third kappa shape index (κ3) is 3.10. The Hall–Kier alpha value is -2.99. The highest BCUT2D eigenvalue weighted by Gasteiger charge is 2.49. The summed E-state index contributed by atoms with van der Waals surface area (Å²) in [6, 6.07) is 15.4. The molecule has 4 rings (SSSR count). The summed E-state index contributed by atoms with van der Waals surface area (Å²) in [5.74, 6) is -0.253. The number of hydrogen-bond acceptors (Lipinski definition) is 4. The molecule has 0 aliphatic carbocycles. The van der Waals surface area contributed by atoms with E-state index in [-0.39, 0.29) is 18.5 Å². The fourth-order valence-electron chi connectivity index (χ4n) is 3.53. The minimum Gasteiger partial charge on any atom is -0.319 e. The minimum atomic E-state index is -1.06. The second-order valence-corrected chi connectivity index (χ2v) is 8.13. The molecule has 0 radical (unpaired) electrons. The zero-order valence-electron chi connectivity index (χ0n) is 16.0. The summed E-state index contributed by atoms with van der Waals surface area (Å²) in [5.41, 5.74) is 3.65. The average molecular weight is 391 g/mol. The van der Waals surface area contributed by atoms with Gasteiger partial charge in [0.25, 0.3) is 5.91 Å². The maximum atomic E-state index is 13.1. The summed E-state index contributed by atoms with van der Waals surface area (Å²) in [6.45, 7) is 5.90. The number of imide groups is 1. The van der Waals surface area contributed by atoms with Crippen molar-refractivity contribution >= 4 is 23.3 Å². The van der Waals surface area contributed by atoms with E-state index >= 15 is 0 Å². The molecule has 142 valence electrons. The predicted molar refractivity (Wildman–Crippen MR) is 110 cm³/mol. The van der Waals surface area contributed by atoms with Crippen LogP contribution in [-0.2, 0) is 16.9 Å². The Morgan fingerprint density at radius 1 is 1.07 bits per heavy atom. The molecule has 1 atom stereocenters. The van der Waals surface area contributed by atoms with Gasteiger partial charge in [-0.05, 0) is 31.9 Å². The lowest BCUT2D eigenvalue weighted by Crippen LogP contribution is -2.41. The number of nitrogens with one attached hydrogen (secondary N) is 1. The van der Waals surface area contributed by atoms with E-state index in [1.54, 1.807) is 6.92 Å². The molecule has 1 N–H and O–H groups in total. The summed E-state index contributed by atoms with van der Waals surface area (Å²) in [6.07, 6.45) is 0. The Morgan fingerprint density at radius 3 is 2.50 bits per heavy atom. The van der Waals surface area contributed by atoms with Gasteiger partial charge in [-0.2, -0.15) is 0 Å². The second kappa shape index (κ2) is 6.87. The summed E-state index contributed by atoms with van der Waals surface area (Å²) in [4.78, 5) is 31.6. The van der Waals surface area contributed by atoms with E-state index in [2.05, 4.69) is 10.3 Å². The van der Waals surface area contributed by atoms with E-state index in [9.17, 15) is 9.59 Å². The van der Waals surface area contributed by atoms with Gasteiger partial charge in [0.05, 0.1) is 12.2 Å². The van der Waals surface area contributed by atoms with Gasteiger partial charge in [-0.3, -0.25) is 9.69 Å². The molecule has 3 amide bonds. The van der Waals surface area contributed by atoms with E-state index in [0.717, 1.165) is 21.7 Å². The second-order valence-electron chi connectivity index (χ2n) is 7.27. The van der Waals surface area contributed by atoms with Crippen LogP contribution in [0.5, 0.6) is 0 Å². The van der Waals surface area contributed by atoms with E-state index in [4.69, 9.17) is 0 Å². The van der Waals surface area contributed by atoms with Gasteiger partial charge in [0.2, 0.25) is 0 Å². The Kier molecular flexibility index (Phi) is 4.51. The quantitative estimate of drug-likeness (QED) is 0.671. The molecule has 5 nitrogen and oxygen atoms in total. The molecule has 1 saturated heterocycles. The first-order valence-electron chi connectivity index (χ1n) is 9.10. The number of nitrogens with zero attached hydrogens (tertiary/aromatic N) is 2. The maximum absolute atomic E-state index is 13.1. The Balaban J connectivity index is 1.58. The van der Waals surface area contributed by atoms with Gasteiger partial charge < -0.3 is 5.32 Å². The van der Waals surface area contributed by atoms with Crippen LogP contribution in [0.3, 0.4) is 0 Å². The number of aryl methyl sites for hydroxylation is 2. The molecule has 1 unspecified atom stereocenters. The van der Waals surface area contributed by atoms with Crippen LogP contribution in [0.4, 0.5) is 4.79 Å². The van der Waals surface area contributed by atoms with Crippen molar-refractivity contribution in [2.45, 2.75) is 32.9 Å². The predicted octanol–water partition coefficient (Wildman–Crippen LogP) is 4.39. The normalized spacial score (nSPS) is 19.2. The van der Waals surface area contributed by atoms with Gasteiger partial charge in [0.1, 0.15) is 10.5 Å². The molecule has 3 aromatic rings. The lowest BCUT2D eigenvalue weighted by molar-refractivity contribution is -0.131. The van der Waals surface area contributed by atoms with Gasteiger partial charge >= 0.3 is 6.03 Å². The van der Waals surface area contributed by atoms with Crippen LogP contribution in [0.2, 0.25) is 0 Å². The first-order valence-corrected chi connectivity index (χ1v) is 9.98. The largest absolute Gasteiger partial charge is 0.325 e. The van der Waals surface area contributed by atoms with E-state index in [0.29, 0.717) is 5.69 Å². The van der Waals surface area contributed by atoms with Gasteiger partial charge in [0.15, 0.2) is 0 Å². The van der Waals surface area contributed by atoms with Crippen molar-refractivity contribution in [2.75, 3.05) is 0 Å². The van der Waals surface area contributed by atoms with Gasteiger partial charge in [-0.1, -0.05) is 54.1 Å². The highest BCUT2D eigenvalue weighted by Crippen LogP contribution is 2.32. The van der Waals surface area contributed by atoms with Crippen LogP contribution >= 0.6 is 11.3 Å². The molecule has 0 bridgehead atoms. The zero-order chi connectivity index (χ0) is 19.9. The minimum absolute atomic E-state index is 0.161. The Morgan fingerprint density at radius 2 is 1.79 bits per heavy atom. The third-order valence-electron chi connectivity index (χ3n) is 5.13. The number of carbonyl (C=O) groups is 2. The van der Waals surface area contributed by atoms with Gasteiger partial charge in [-0.25, -0.2) is 9.78 Å². The number of urea groups is 1. The molecule has 28 heavy (non-hydrogen) atoms. The number of hydrogen-bond donors (Lipinski definition) is 1. The fourth-order valence-corrected chi connectivity index (χ4v) is 4.34. The number of amides is 3. The molecular weight excluding hydrogens is 370 g/mol. The van der Waals surface area contributed by atoms with Crippen molar-refractivity contribution in [1.82, 2.24) is 15.2 Å².